The van der Waals surface area contributed by atoms with Crippen molar-refractivity contribution in [3.05, 3.63) is 0 Å². The second-order valence-electron chi connectivity index (χ2n) is 2.84. The maximum atomic E-state index is 10.6. The van der Waals surface area contributed by atoms with Crippen LogP contribution in [0.4, 0.5) is 0 Å². The van der Waals surface area contributed by atoms with Crippen molar-refractivity contribution in [3.63, 3.8) is 0 Å². The SMILES string of the molecule is O=[PH+]CC(C(=O)O)C(CC(=O)O)C(=O)O. The zero-order chi connectivity index (χ0) is 12.0. The summed E-state index contributed by atoms with van der Waals surface area (Å²) in [5.74, 6) is -7.35. The Bertz CT molecular complexity index is 287. The molecule has 0 saturated heterocycles. The summed E-state index contributed by atoms with van der Waals surface area (Å²) in [7, 11) is -0.974. The fourth-order valence-electron chi connectivity index (χ4n) is 1.08. The lowest BCUT2D eigenvalue weighted by atomic mass is 9.91. The van der Waals surface area contributed by atoms with Gasteiger partial charge in [-0.05, 0) is 0 Å². The predicted molar refractivity (Wildman–Crippen MR) is 48.4 cm³/mol. The zero-order valence-electron chi connectivity index (χ0n) is 7.54. The monoisotopic (exact) mass is 237 g/mol. The molecular formula is C7H10O7P+. The molecule has 0 spiro atoms. The maximum Gasteiger partial charge on any atom is 0.325 e. The number of hydrogen-bond donors (Lipinski definition) is 3. The van der Waals surface area contributed by atoms with Gasteiger partial charge in [0.1, 0.15) is 5.92 Å². The molecule has 0 aromatic carbocycles. The molecule has 0 radical (unpaired) electrons. The molecule has 0 aromatic rings. The van der Waals surface area contributed by atoms with Gasteiger partial charge in [0.2, 0.25) is 0 Å². The van der Waals surface area contributed by atoms with Gasteiger partial charge >= 0.3 is 26.4 Å². The Balaban J connectivity index is 4.82. The van der Waals surface area contributed by atoms with E-state index in [0.717, 1.165) is 0 Å². The lowest BCUT2D eigenvalue weighted by Crippen LogP contribution is -2.32. The van der Waals surface area contributed by atoms with E-state index < -0.39 is 44.6 Å². The van der Waals surface area contributed by atoms with Gasteiger partial charge in [0.15, 0.2) is 6.16 Å². The van der Waals surface area contributed by atoms with Crippen LogP contribution in [0.5, 0.6) is 0 Å². The summed E-state index contributed by atoms with van der Waals surface area (Å²) in [4.78, 5) is 31.6. The van der Waals surface area contributed by atoms with Gasteiger partial charge in [-0.3, -0.25) is 14.4 Å². The van der Waals surface area contributed by atoms with Crippen LogP contribution in [0.15, 0.2) is 0 Å². The summed E-state index contributed by atoms with van der Waals surface area (Å²) in [6.45, 7) is 0. The molecule has 8 heteroatoms. The zero-order valence-corrected chi connectivity index (χ0v) is 8.54. The van der Waals surface area contributed by atoms with Gasteiger partial charge < -0.3 is 15.3 Å². The van der Waals surface area contributed by atoms with E-state index in [-0.39, 0.29) is 6.16 Å². The summed E-state index contributed by atoms with van der Waals surface area (Å²) >= 11 is 0. The third kappa shape index (κ3) is 4.51. The Hall–Kier alpha value is -1.49. The molecule has 0 rings (SSSR count). The lowest BCUT2D eigenvalue weighted by Gasteiger charge is -2.13. The molecular weight excluding hydrogens is 227 g/mol. The molecule has 3 unspecified atom stereocenters. The molecule has 0 aliphatic heterocycles. The molecule has 0 fully saturated rings. The van der Waals surface area contributed by atoms with Crippen LogP contribution in [-0.4, -0.2) is 39.4 Å². The van der Waals surface area contributed by atoms with Crippen LogP contribution in [0.1, 0.15) is 6.42 Å². The average molecular weight is 237 g/mol. The standard InChI is InChI=1S/C7H9O7P/c8-5(9)1-3(6(10)11)4(2-15-14)7(12)13/h3-4H,1-2H2,(H,8,9)(H,10,11)(H,12,13)/p+1. The van der Waals surface area contributed by atoms with Crippen LogP contribution in [0, 0.1) is 11.8 Å². The van der Waals surface area contributed by atoms with Crippen molar-refractivity contribution in [2.75, 3.05) is 6.16 Å². The first-order valence-electron chi connectivity index (χ1n) is 3.92. The highest BCUT2D eigenvalue weighted by Crippen LogP contribution is 2.21. The Labute approximate surface area is 85.9 Å². The Kier molecular flexibility index (Phi) is 5.48. The van der Waals surface area contributed by atoms with Crippen molar-refractivity contribution >= 4 is 26.4 Å². The molecule has 3 N–H and O–H groups in total. The molecule has 0 aliphatic carbocycles. The summed E-state index contributed by atoms with van der Waals surface area (Å²) in [5, 5.41) is 25.7. The number of carboxylic acids is 3. The van der Waals surface area contributed by atoms with Gasteiger partial charge in [0, 0.05) is 0 Å². The largest absolute Gasteiger partial charge is 0.481 e. The van der Waals surface area contributed by atoms with Crippen molar-refractivity contribution in [1.29, 1.82) is 0 Å². The Morgan fingerprint density at radius 1 is 1.00 bits per heavy atom. The minimum Gasteiger partial charge on any atom is -0.481 e. The van der Waals surface area contributed by atoms with Crippen LogP contribution in [0.2, 0.25) is 0 Å². The Morgan fingerprint density at radius 3 is 1.73 bits per heavy atom. The van der Waals surface area contributed by atoms with Crippen molar-refractivity contribution in [1.82, 2.24) is 0 Å². The highest BCUT2D eigenvalue weighted by atomic mass is 31.1. The van der Waals surface area contributed by atoms with Crippen molar-refractivity contribution in [2.24, 2.45) is 11.8 Å². The van der Waals surface area contributed by atoms with Gasteiger partial charge in [-0.2, -0.15) is 0 Å². The van der Waals surface area contributed by atoms with Crippen LogP contribution in [0.3, 0.4) is 0 Å². The topological polar surface area (TPSA) is 129 Å². The third-order valence-electron chi connectivity index (χ3n) is 1.82. The Morgan fingerprint density at radius 2 is 1.47 bits per heavy atom. The van der Waals surface area contributed by atoms with E-state index >= 15 is 0 Å². The highest BCUT2D eigenvalue weighted by Gasteiger charge is 2.37. The second kappa shape index (κ2) is 6.08. The van der Waals surface area contributed by atoms with Crippen molar-refractivity contribution in [3.8, 4) is 0 Å². The second-order valence-corrected chi connectivity index (χ2v) is 3.53. The van der Waals surface area contributed by atoms with E-state index in [0.29, 0.717) is 0 Å². The van der Waals surface area contributed by atoms with Crippen molar-refractivity contribution < 1.29 is 34.3 Å². The highest BCUT2D eigenvalue weighted by molar-refractivity contribution is 7.23. The van der Waals surface area contributed by atoms with Crippen LogP contribution < -0.4 is 0 Å². The van der Waals surface area contributed by atoms with Gasteiger partial charge in [0.25, 0.3) is 0 Å². The summed E-state index contributed by atoms with van der Waals surface area (Å²) in [6, 6.07) is 0. The first-order chi connectivity index (χ1) is 6.90. The molecule has 0 saturated carbocycles. The minimum absolute atomic E-state index is 0.362. The number of rotatable bonds is 7. The maximum absolute atomic E-state index is 10.6. The number of hydrogen-bond acceptors (Lipinski definition) is 4. The van der Waals surface area contributed by atoms with Gasteiger partial charge in [-0.15, -0.1) is 0 Å². The smallest absolute Gasteiger partial charge is 0.325 e. The van der Waals surface area contributed by atoms with Crippen LogP contribution in [-0.2, 0) is 18.9 Å². The molecule has 0 amide bonds. The van der Waals surface area contributed by atoms with Crippen molar-refractivity contribution in [2.45, 2.75) is 6.42 Å². The molecule has 15 heavy (non-hydrogen) atoms. The molecule has 7 nitrogen and oxygen atoms in total. The minimum atomic E-state index is -1.55. The molecule has 84 valence electrons. The van der Waals surface area contributed by atoms with Gasteiger partial charge in [0.05, 0.1) is 12.3 Å². The van der Waals surface area contributed by atoms with Crippen LogP contribution >= 0.6 is 8.46 Å². The average Bonchev–Trinajstić information content (AvgIpc) is 2.09. The molecule has 3 atom stereocenters. The lowest BCUT2D eigenvalue weighted by molar-refractivity contribution is -0.156. The molecule has 0 heterocycles. The normalized spacial score (nSPS) is 14.4. The molecule has 0 aliphatic rings. The summed E-state index contributed by atoms with van der Waals surface area (Å²) in [5.41, 5.74) is 0. The van der Waals surface area contributed by atoms with E-state index in [9.17, 15) is 18.9 Å². The van der Waals surface area contributed by atoms with E-state index in [2.05, 4.69) is 0 Å². The van der Waals surface area contributed by atoms with Gasteiger partial charge in [-0.1, -0.05) is 4.57 Å². The first kappa shape index (κ1) is 13.5. The summed E-state index contributed by atoms with van der Waals surface area (Å²) in [6.07, 6.45) is -1.16. The predicted octanol–water partition coefficient (Wildman–Crippen LogP) is -0.113. The summed E-state index contributed by atoms with van der Waals surface area (Å²) < 4.78 is 10.3. The van der Waals surface area contributed by atoms with Gasteiger partial charge in [-0.25, -0.2) is 0 Å². The molecule has 0 bridgehead atoms. The number of carbonyl (C=O) groups is 3. The quantitative estimate of drug-likeness (QED) is 0.526. The first-order valence-corrected chi connectivity index (χ1v) is 5.04. The third-order valence-corrected chi connectivity index (χ3v) is 2.42. The number of carboxylic acid groups (broad SMARTS) is 3. The number of aliphatic carboxylic acids is 3. The van der Waals surface area contributed by atoms with E-state index in [1.54, 1.807) is 0 Å². The fourth-order valence-corrected chi connectivity index (χ4v) is 1.72. The van der Waals surface area contributed by atoms with E-state index in [1.165, 1.54) is 0 Å². The van der Waals surface area contributed by atoms with E-state index in [4.69, 9.17) is 15.3 Å². The van der Waals surface area contributed by atoms with Crippen LogP contribution in [0.25, 0.3) is 0 Å². The van der Waals surface area contributed by atoms with E-state index in [1.807, 2.05) is 0 Å². The molecule has 0 aromatic heterocycles. The fraction of sp³-hybridized carbons (Fsp3) is 0.571.